The molecule has 0 atom stereocenters. The number of fused-ring (bicyclic) bond motifs is 1. The van der Waals surface area contributed by atoms with Crippen LogP contribution in [0.25, 0.3) is 11.0 Å². The van der Waals surface area contributed by atoms with Crippen LogP contribution in [-0.2, 0) is 0 Å². The van der Waals surface area contributed by atoms with E-state index in [0.717, 1.165) is 25.9 Å². The van der Waals surface area contributed by atoms with Crippen molar-refractivity contribution < 1.29 is 13.6 Å². The average molecular weight is 233 g/mol. The van der Waals surface area contributed by atoms with Crippen molar-refractivity contribution in [2.24, 2.45) is 0 Å². The summed E-state index contributed by atoms with van der Waals surface area (Å²) in [4.78, 5) is 13.8. The molecule has 2 aromatic rings. The van der Waals surface area contributed by atoms with Crippen LogP contribution in [0.5, 0.6) is 0 Å². The Labute approximate surface area is 97.8 Å². The van der Waals surface area contributed by atoms with Gasteiger partial charge in [0.1, 0.15) is 11.4 Å². The van der Waals surface area contributed by atoms with Gasteiger partial charge in [0.25, 0.3) is 5.91 Å². The molecule has 1 fully saturated rings. The first-order chi connectivity index (χ1) is 8.24. The van der Waals surface area contributed by atoms with E-state index in [1.807, 2.05) is 0 Å². The molecule has 0 spiro atoms. The first-order valence-electron chi connectivity index (χ1n) is 5.72. The van der Waals surface area contributed by atoms with Crippen molar-refractivity contribution in [2.75, 3.05) is 13.1 Å². The van der Waals surface area contributed by atoms with Crippen LogP contribution >= 0.6 is 0 Å². The zero-order valence-corrected chi connectivity index (χ0v) is 9.28. The van der Waals surface area contributed by atoms with E-state index < -0.39 is 0 Å². The lowest BCUT2D eigenvalue weighted by Crippen LogP contribution is -2.27. The number of carbonyl (C=O) groups is 1. The minimum Gasteiger partial charge on any atom is -0.451 e. The second kappa shape index (κ2) is 3.87. The van der Waals surface area contributed by atoms with Crippen molar-refractivity contribution in [1.29, 1.82) is 0 Å². The fraction of sp³-hybridized carbons (Fsp3) is 0.308. The summed E-state index contributed by atoms with van der Waals surface area (Å²) in [6.45, 7) is 1.56. The molecule has 17 heavy (non-hydrogen) atoms. The summed E-state index contributed by atoms with van der Waals surface area (Å²) >= 11 is 0. The summed E-state index contributed by atoms with van der Waals surface area (Å²) in [7, 11) is 0. The minimum atomic E-state index is -0.321. The van der Waals surface area contributed by atoms with Gasteiger partial charge in [-0.2, -0.15) is 0 Å². The molecule has 88 valence electrons. The lowest BCUT2D eigenvalue weighted by atomic mass is 10.2. The third-order valence-corrected chi connectivity index (χ3v) is 3.08. The molecule has 0 unspecified atom stereocenters. The zero-order chi connectivity index (χ0) is 11.8. The van der Waals surface area contributed by atoms with E-state index in [4.69, 9.17) is 4.42 Å². The Morgan fingerprint density at radius 1 is 1.24 bits per heavy atom. The van der Waals surface area contributed by atoms with E-state index in [1.54, 1.807) is 17.0 Å². The molecule has 0 radical (unpaired) electrons. The van der Waals surface area contributed by atoms with E-state index in [2.05, 4.69) is 0 Å². The fourth-order valence-electron chi connectivity index (χ4n) is 2.20. The van der Waals surface area contributed by atoms with Crippen LogP contribution in [0.1, 0.15) is 23.4 Å². The number of halogens is 1. The van der Waals surface area contributed by atoms with Gasteiger partial charge in [0.2, 0.25) is 0 Å². The van der Waals surface area contributed by atoms with E-state index in [-0.39, 0.29) is 11.7 Å². The number of hydrogen-bond acceptors (Lipinski definition) is 2. The molecule has 0 bridgehead atoms. The van der Waals surface area contributed by atoms with Crippen LogP contribution in [0.15, 0.2) is 28.7 Å². The third kappa shape index (κ3) is 1.79. The van der Waals surface area contributed by atoms with Crippen molar-refractivity contribution in [3.05, 3.63) is 35.8 Å². The Balaban J connectivity index is 1.97. The van der Waals surface area contributed by atoms with Gasteiger partial charge in [0.15, 0.2) is 5.76 Å². The van der Waals surface area contributed by atoms with E-state index >= 15 is 0 Å². The van der Waals surface area contributed by atoms with Crippen molar-refractivity contribution in [1.82, 2.24) is 4.90 Å². The van der Waals surface area contributed by atoms with Gasteiger partial charge in [0, 0.05) is 18.5 Å². The first-order valence-corrected chi connectivity index (χ1v) is 5.72. The second-order valence-corrected chi connectivity index (χ2v) is 4.29. The van der Waals surface area contributed by atoms with E-state index in [0.29, 0.717) is 16.7 Å². The monoisotopic (exact) mass is 233 g/mol. The highest BCUT2D eigenvalue weighted by Crippen LogP contribution is 2.22. The smallest absolute Gasteiger partial charge is 0.289 e. The summed E-state index contributed by atoms with van der Waals surface area (Å²) in [5, 5.41) is 0.632. The first kappa shape index (κ1) is 10.3. The normalized spacial score (nSPS) is 15.7. The molecular weight excluding hydrogens is 221 g/mol. The maximum Gasteiger partial charge on any atom is 0.289 e. The summed E-state index contributed by atoms with van der Waals surface area (Å²) in [5.74, 6) is -0.120. The van der Waals surface area contributed by atoms with Crippen LogP contribution in [-0.4, -0.2) is 23.9 Å². The number of rotatable bonds is 1. The van der Waals surface area contributed by atoms with Gasteiger partial charge < -0.3 is 9.32 Å². The molecule has 0 saturated carbocycles. The van der Waals surface area contributed by atoms with Gasteiger partial charge in [-0.25, -0.2) is 4.39 Å². The standard InChI is InChI=1S/C13H12FNO2/c14-10-3-4-11-9(7-10)8-12(17-11)13(16)15-5-1-2-6-15/h3-4,7-8H,1-2,5-6H2. The van der Waals surface area contributed by atoms with Gasteiger partial charge in [-0.05, 0) is 37.1 Å². The molecule has 1 aliphatic heterocycles. The molecular formula is C13H12FNO2. The maximum atomic E-state index is 13.0. The number of amides is 1. The Morgan fingerprint density at radius 2 is 2.00 bits per heavy atom. The Hall–Kier alpha value is -1.84. The number of carbonyl (C=O) groups excluding carboxylic acids is 1. The fourth-order valence-corrected chi connectivity index (χ4v) is 2.20. The van der Waals surface area contributed by atoms with E-state index in [9.17, 15) is 9.18 Å². The third-order valence-electron chi connectivity index (χ3n) is 3.08. The number of furan rings is 1. The van der Waals surface area contributed by atoms with Crippen LogP contribution in [0, 0.1) is 5.82 Å². The van der Waals surface area contributed by atoms with Crippen LogP contribution in [0.4, 0.5) is 4.39 Å². The highest BCUT2D eigenvalue weighted by molar-refractivity contribution is 5.96. The SMILES string of the molecule is O=C(c1cc2cc(F)ccc2o1)N1CCCC1. The van der Waals surface area contributed by atoms with Crippen molar-refractivity contribution in [2.45, 2.75) is 12.8 Å². The number of benzene rings is 1. The highest BCUT2D eigenvalue weighted by atomic mass is 19.1. The lowest BCUT2D eigenvalue weighted by molar-refractivity contribution is 0.0763. The number of nitrogens with zero attached hydrogens (tertiary/aromatic N) is 1. The predicted octanol–water partition coefficient (Wildman–Crippen LogP) is 2.81. The second-order valence-electron chi connectivity index (χ2n) is 4.29. The summed E-state index contributed by atoms with van der Waals surface area (Å²) in [5.41, 5.74) is 0.550. The molecule has 1 saturated heterocycles. The van der Waals surface area contributed by atoms with Crippen LogP contribution in [0.2, 0.25) is 0 Å². The van der Waals surface area contributed by atoms with Gasteiger partial charge in [0.05, 0.1) is 0 Å². The summed E-state index contributed by atoms with van der Waals surface area (Å²) < 4.78 is 18.5. The largest absolute Gasteiger partial charge is 0.451 e. The Morgan fingerprint density at radius 3 is 2.76 bits per heavy atom. The summed E-state index contributed by atoms with van der Waals surface area (Å²) in [6.07, 6.45) is 2.08. The molecule has 0 aliphatic carbocycles. The number of hydrogen-bond donors (Lipinski definition) is 0. The quantitative estimate of drug-likeness (QED) is 0.758. The molecule has 1 amide bonds. The predicted molar refractivity (Wildman–Crippen MR) is 61.3 cm³/mol. The molecule has 3 rings (SSSR count). The van der Waals surface area contributed by atoms with Gasteiger partial charge in [-0.3, -0.25) is 4.79 Å². The molecule has 3 nitrogen and oxygen atoms in total. The van der Waals surface area contributed by atoms with E-state index in [1.165, 1.54) is 12.1 Å². The van der Waals surface area contributed by atoms with Crippen molar-refractivity contribution >= 4 is 16.9 Å². The van der Waals surface area contributed by atoms with Gasteiger partial charge in [-0.15, -0.1) is 0 Å². The molecule has 4 heteroatoms. The zero-order valence-electron chi connectivity index (χ0n) is 9.28. The van der Waals surface area contributed by atoms with Crippen molar-refractivity contribution in [3.8, 4) is 0 Å². The number of likely N-dealkylation sites (tertiary alicyclic amines) is 1. The van der Waals surface area contributed by atoms with Crippen LogP contribution < -0.4 is 0 Å². The molecule has 1 aliphatic rings. The summed E-state index contributed by atoms with van der Waals surface area (Å²) in [6, 6.07) is 5.86. The molecule has 2 heterocycles. The lowest BCUT2D eigenvalue weighted by Gasteiger charge is -2.12. The van der Waals surface area contributed by atoms with Crippen LogP contribution in [0.3, 0.4) is 0 Å². The van der Waals surface area contributed by atoms with Gasteiger partial charge >= 0.3 is 0 Å². The topological polar surface area (TPSA) is 33.5 Å². The Kier molecular flexibility index (Phi) is 2.35. The maximum absolute atomic E-state index is 13.0. The Bertz CT molecular complexity index is 570. The highest BCUT2D eigenvalue weighted by Gasteiger charge is 2.22. The molecule has 1 aromatic heterocycles. The molecule has 1 aromatic carbocycles. The van der Waals surface area contributed by atoms with Gasteiger partial charge in [-0.1, -0.05) is 0 Å². The molecule has 0 N–H and O–H groups in total. The minimum absolute atomic E-state index is 0.0980. The average Bonchev–Trinajstić information content (AvgIpc) is 2.96. The van der Waals surface area contributed by atoms with Crippen molar-refractivity contribution in [3.63, 3.8) is 0 Å².